The van der Waals surface area contributed by atoms with Crippen molar-refractivity contribution >= 4 is 22.8 Å². The van der Waals surface area contributed by atoms with Crippen molar-refractivity contribution < 1.29 is 4.79 Å². The van der Waals surface area contributed by atoms with Gasteiger partial charge in [-0.1, -0.05) is 0 Å². The summed E-state index contributed by atoms with van der Waals surface area (Å²) in [4.78, 5) is 20.6. The molecule has 0 saturated carbocycles. The Hall–Kier alpha value is -2.11. The molecule has 0 bridgehead atoms. The molecule has 2 heterocycles. The fraction of sp³-hybridized carbons (Fsp3) is 0.500. The molecule has 0 fully saturated rings. The average Bonchev–Trinajstić information content (AvgIpc) is 2.61. The van der Waals surface area contributed by atoms with Crippen LogP contribution < -0.4 is 11.1 Å². The smallest absolute Gasteiger partial charge is 0.243 e. The highest BCUT2D eigenvalue weighted by molar-refractivity contribution is 5.92. The van der Waals surface area contributed by atoms with Gasteiger partial charge in [0, 0.05) is 11.7 Å². The second-order valence-electron chi connectivity index (χ2n) is 5.38. The van der Waals surface area contributed by atoms with Crippen LogP contribution in [0, 0.1) is 13.8 Å². The Morgan fingerprint density at radius 2 is 1.95 bits per heavy atom. The molecule has 0 spiro atoms. The number of rotatable bonds is 3. The molecule has 1 amide bonds. The lowest BCUT2D eigenvalue weighted by molar-refractivity contribution is -0.124. The van der Waals surface area contributed by atoms with Gasteiger partial charge >= 0.3 is 0 Å². The van der Waals surface area contributed by atoms with E-state index in [0.29, 0.717) is 11.5 Å². The molecule has 6 nitrogen and oxygen atoms in total. The summed E-state index contributed by atoms with van der Waals surface area (Å²) in [5.74, 6) is 0.419. The van der Waals surface area contributed by atoms with Gasteiger partial charge in [0.05, 0.1) is 5.39 Å². The third-order valence-electron chi connectivity index (χ3n) is 3.56. The van der Waals surface area contributed by atoms with Crippen molar-refractivity contribution in [3.8, 4) is 0 Å². The summed E-state index contributed by atoms with van der Waals surface area (Å²) in [5.41, 5.74) is 8.64. The first kappa shape index (κ1) is 14.3. The minimum Gasteiger partial charge on any atom is -0.383 e. The Bertz CT molecular complexity index is 659. The van der Waals surface area contributed by atoms with E-state index < -0.39 is 0 Å². The second-order valence-corrected chi connectivity index (χ2v) is 5.38. The fourth-order valence-electron chi connectivity index (χ4n) is 2.45. The molecule has 1 unspecified atom stereocenters. The molecular weight excluding hydrogens is 254 g/mol. The molecule has 0 saturated heterocycles. The number of nitrogens with one attached hydrogen (secondary N) is 1. The molecule has 3 N–H and O–H groups in total. The van der Waals surface area contributed by atoms with E-state index >= 15 is 0 Å². The SMILES string of the molecule is Cc1c(C)n(C(C)C(=O)NC(C)C)c2ncnc(N)c12. The van der Waals surface area contributed by atoms with Crippen molar-refractivity contribution in [3.63, 3.8) is 0 Å². The Balaban J connectivity index is 2.57. The lowest BCUT2D eigenvalue weighted by Crippen LogP contribution is -2.36. The molecule has 2 rings (SSSR count). The maximum atomic E-state index is 12.2. The number of hydrogen-bond donors (Lipinski definition) is 2. The van der Waals surface area contributed by atoms with Gasteiger partial charge in [0.25, 0.3) is 0 Å². The summed E-state index contributed by atoms with van der Waals surface area (Å²) < 4.78 is 1.92. The van der Waals surface area contributed by atoms with E-state index in [1.165, 1.54) is 6.33 Å². The first-order chi connectivity index (χ1) is 9.34. The van der Waals surface area contributed by atoms with Crippen LogP contribution in [0.4, 0.5) is 5.82 Å². The lowest BCUT2D eigenvalue weighted by Gasteiger charge is -2.18. The third kappa shape index (κ3) is 2.21. The van der Waals surface area contributed by atoms with Crippen molar-refractivity contribution in [1.29, 1.82) is 0 Å². The molecule has 20 heavy (non-hydrogen) atoms. The lowest BCUT2D eigenvalue weighted by atomic mass is 10.2. The number of nitrogens with two attached hydrogens (primary N) is 1. The maximum Gasteiger partial charge on any atom is 0.243 e. The van der Waals surface area contributed by atoms with Gasteiger partial charge in [-0.15, -0.1) is 0 Å². The number of aromatic nitrogens is 3. The van der Waals surface area contributed by atoms with E-state index in [0.717, 1.165) is 16.6 Å². The summed E-state index contributed by atoms with van der Waals surface area (Å²) >= 11 is 0. The highest BCUT2D eigenvalue weighted by Gasteiger charge is 2.23. The molecule has 2 aromatic rings. The molecule has 1 atom stereocenters. The van der Waals surface area contributed by atoms with Crippen molar-refractivity contribution in [3.05, 3.63) is 17.6 Å². The topological polar surface area (TPSA) is 85.8 Å². The Labute approximate surface area is 118 Å². The van der Waals surface area contributed by atoms with Crippen LogP contribution in [0.2, 0.25) is 0 Å². The number of hydrogen-bond acceptors (Lipinski definition) is 4. The van der Waals surface area contributed by atoms with Crippen LogP contribution in [0.15, 0.2) is 6.33 Å². The number of nitrogen functional groups attached to an aromatic ring is 1. The van der Waals surface area contributed by atoms with Gasteiger partial charge in [-0.05, 0) is 40.2 Å². The van der Waals surface area contributed by atoms with Crippen molar-refractivity contribution in [2.75, 3.05) is 5.73 Å². The van der Waals surface area contributed by atoms with Gasteiger partial charge in [0.1, 0.15) is 23.8 Å². The summed E-state index contributed by atoms with van der Waals surface area (Å²) in [6.07, 6.45) is 1.43. The maximum absolute atomic E-state index is 12.2. The third-order valence-corrected chi connectivity index (χ3v) is 3.56. The van der Waals surface area contributed by atoms with E-state index in [1.54, 1.807) is 0 Å². The van der Waals surface area contributed by atoms with Crippen molar-refractivity contribution in [1.82, 2.24) is 19.9 Å². The zero-order valence-corrected chi connectivity index (χ0v) is 12.6. The molecule has 2 aromatic heterocycles. The van der Waals surface area contributed by atoms with Gasteiger partial charge in [-0.2, -0.15) is 0 Å². The standard InChI is InChI=1S/C14H21N5O/c1-7(2)18-14(20)10(5)19-9(4)8(3)11-12(15)16-6-17-13(11)19/h6-7,10H,1-5H3,(H,18,20)(H2,15,16,17). The largest absolute Gasteiger partial charge is 0.383 e. The first-order valence-corrected chi connectivity index (χ1v) is 6.72. The van der Waals surface area contributed by atoms with E-state index in [4.69, 9.17) is 5.73 Å². The van der Waals surface area contributed by atoms with Crippen LogP contribution in [0.5, 0.6) is 0 Å². The molecule has 0 radical (unpaired) electrons. The van der Waals surface area contributed by atoms with Gasteiger partial charge in [-0.3, -0.25) is 4.79 Å². The Kier molecular flexibility index (Phi) is 3.65. The van der Waals surface area contributed by atoms with Crippen LogP contribution in [0.3, 0.4) is 0 Å². The van der Waals surface area contributed by atoms with Gasteiger partial charge in [0.2, 0.25) is 5.91 Å². The molecule has 0 aliphatic heterocycles. The summed E-state index contributed by atoms with van der Waals surface area (Å²) in [7, 11) is 0. The normalized spacial score (nSPS) is 12.9. The monoisotopic (exact) mass is 275 g/mol. The van der Waals surface area contributed by atoms with Crippen molar-refractivity contribution in [2.45, 2.75) is 46.7 Å². The zero-order chi connectivity index (χ0) is 15.0. The summed E-state index contributed by atoms with van der Waals surface area (Å²) in [6.45, 7) is 9.69. The number of nitrogens with zero attached hydrogens (tertiary/aromatic N) is 3. The van der Waals surface area contributed by atoms with Gasteiger partial charge < -0.3 is 15.6 Å². The quantitative estimate of drug-likeness (QED) is 0.893. The average molecular weight is 275 g/mol. The predicted molar refractivity (Wildman–Crippen MR) is 79.4 cm³/mol. The van der Waals surface area contributed by atoms with E-state index in [1.807, 2.05) is 39.2 Å². The Morgan fingerprint density at radius 3 is 2.55 bits per heavy atom. The second kappa shape index (κ2) is 5.11. The number of anilines is 1. The minimum absolute atomic E-state index is 0.0304. The minimum atomic E-state index is -0.345. The van der Waals surface area contributed by atoms with Crippen molar-refractivity contribution in [2.24, 2.45) is 0 Å². The molecular formula is C14H21N5O. The number of carbonyl (C=O) groups is 1. The molecule has 0 aliphatic rings. The first-order valence-electron chi connectivity index (χ1n) is 6.72. The highest BCUT2D eigenvalue weighted by atomic mass is 16.2. The molecule has 108 valence electrons. The van der Waals surface area contributed by atoms with Gasteiger partial charge in [0.15, 0.2) is 0 Å². The molecule has 0 aliphatic carbocycles. The fourth-order valence-corrected chi connectivity index (χ4v) is 2.45. The van der Waals surface area contributed by atoms with E-state index in [9.17, 15) is 4.79 Å². The molecule has 6 heteroatoms. The van der Waals surface area contributed by atoms with E-state index in [-0.39, 0.29) is 18.0 Å². The van der Waals surface area contributed by atoms with Gasteiger partial charge in [-0.25, -0.2) is 9.97 Å². The van der Waals surface area contributed by atoms with Crippen LogP contribution in [-0.2, 0) is 4.79 Å². The Morgan fingerprint density at radius 1 is 1.30 bits per heavy atom. The van der Waals surface area contributed by atoms with Crippen LogP contribution in [0.1, 0.15) is 38.1 Å². The number of carbonyl (C=O) groups excluding carboxylic acids is 1. The van der Waals surface area contributed by atoms with E-state index in [2.05, 4.69) is 15.3 Å². The number of fused-ring (bicyclic) bond motifs is 1. The number of amides is 1. The van der Waals surface area contributed by atoms with Crippen LogP contribution >= 0.6 is 0 Å². The molecule has 0 aromatic carbocycles. The van der Waals surface area contributed by atoms with Crippen LogP contribution in [-0.4, -0.2) is 26.5 Å². The zero-order valence-electron chi connectivity index (χ0n) is 12.6. The van der Waals surface area contributed by atoms with Crippen LogP contribution in [0.25, 0.3) is 11.0 Å². The summed E-state index contributed by atoms with van der Waals surface area (Å²) in [5, 5.41) is 3.75. The number of aryl methyl sites for hydroxylation is 1. The summed E-state index contributed by atoms with van der Waals surface area (Å²) in [6, 6.07) is -0.240. The predicted octanol–water partition coefficient (Wildman–Crippen LogP) is 1.72. The highest BCUT2D eigenvalue weighted by Crippen LogP contribution is 2.29.